The Labute approximate surface area is 194 Å². The number of ether oxygens (including phenoxy) is 2. The summed E-state index contributed by atoms with van der Waals surface area (Å²) in [5.74, 6) is -0.182. The largest absolute Gasteiger partial charge is 0.491 e. The summed E-state index contributed by atoms with van der Waals surface area (Å²) in [6.45, 7) is 1.02. The van der Waals surface area contributed by atoms with E-state index in [4.69, 9.17) is 25.1 Å². The van der Waals surface area contributed by atoms with E-state index in [1.807, 2.05) is 30.3 Å². The molecule has 1 saturated heterocycles. The third-order valence-corrected chi connectivity index (χ3v) is 5.43. The van der Waals surface area contributed by atoms with E-state index >= 15 is 0 Å². The lowest BCUT2D eigenvalue weighted by atomic mass is 10.1. The highest BCUT2D eigenvalue weighted by molar-refractivity contribution is 5.75. The molecule has 1 fully saturated rings. The van der Waals surface area contributed by atoms with Gasteiger partial charge in [0.05, 0.1) is 18.8 Å². The van der Waals surface area contributed by atoms with Crippen LogP contribution >= 0.6 is 0 Å². The minimum absolute atomic E-state index is 0.0219. The zero-order chi connectivity index (χ0) is 24.1. The highest BCUT2D eigenvalue weighted by Gasteiger charge is 2.36. The molecular formula is C23H24F3N5O3. The van der Waals surface area contributed by atoms with Crippen LogP contribution in [0.1, 0.15) is 35.9 Å². The minimum Gasteiger partial charge on any atom is -0.491 e. The predicted molar refractivity (Wildman–Crippen MR) is 117 cm³/mol. The van der Waals surface area contributed by atoms with E-state index in [9.17, 15) is 13.2 Å². The van der Waals surface area contributed by atoms with E-state index in [2.05, 4.69) is 10.1 Å². The number of nitrogens with two attached hydrogens (primary N) is 1. The molecule has 2 heterocycles. The van der Waals surface area contributed by atoms with Crippen LogP contribution in [-0.2, 0) is 17.5 Å². The molecule has 1 aromatic heterocycles. The summed E-state index contributed by atoms with van der Waals surface area (Å²) in [6, 6.07) is 12.7. The maximum atomic E-state index is 13.7. The average molecular weight is 475 g/mol. The molecule has 180 valence electrons. The number of rotatable bonds is 8. The van der Waals surface area contributed by atoms with Crippen LogP contribution in [0.15, 0.2) is 53.1 Å². The zero-order valence-electron chi connectivity index (χ0n) is 18.2. The van der Waals surface area contributed by atoms with E-state index in [0.29, 0.717) is 19.6 Å². The second kappa shape index (κ2) is 10.1. The Hall–Kier alpha value is -3.60. The first kappa shape index (κ1) is 23.6. The first-order chi connectivity index (χ1) is 16.3. The maximum absolute atomic E-state index is 13.7. The molecule has 1 aliphatic rings. The second-order valence-corrected chi connectivity index (χ2v) is 7.79. The quantitative estimate of drug-likeness (QED) is 0.283. The summed E-state index contributed by atoms with van der Waals surface area (Å²) in [5.41, 5.74) is 5.75. The fourth-order valence-electron chi connectivity index (χ4n) is 3.79. The van der Waals surface area contributed by atoms with Gasteiger partial charge in [-0.3, -0.25) is 5.41 Å². The summed E-state index contributed by atoms with van der Waals surface area (Å²) >= 11 is 0. The van der Waals surface area contributed by atoms with Crippen molar-refractivity contribution in [1.82, 2.24) is 15.0 Å². The molecule has 4 rings (SSSR count). The van der Waals surface area contributed by atoms with Gasteiger partial charge in [-0.05, 0) is 36.6 Å². The van der Waals surface area contributed by atoms with Gasteiger partial charge in [0.25, 0.3) is 0 Å². The summed E-state index contributed by atoms with van der Waals surface area (Å²) in [6.07, 6.45) is -3.19. The standard InChI is InChI=1S/C23H24F3N5O3/c24-23(25,26)17-13-16(20-29-21(34-30-20)18-7-4-10-31(18)22(27)28)8-9-19(17)33-12-11-32-14-15-5-2-1-3-6-15/h1-3,5-6,8-9,13,18H,4,7,10-12,14H2,(H3,27,28)/t18-/m0/s1. The lowest BCUT2D eigenvalue weighted by Gasteiger charge is -2.21. The van der Waals surface area contributed by atoms with E-state index in [1.54, 1.807) is 4.90 Å². The Morgan fingerprint density at radius 1 is 1.18 bits per heavy atom. The molecule has 0 saturated carbocycles. The van der Waals surface area contributed by atoms with Crippen molar-refractivity contribution in [1.29, 1.82) is 5.41 Å². The Morgan fingerprint density at radius 2 is 1.97 bits per heavy atom. The van der Waals surface area contributed by atoms with Crippen LogP contribution in [0.4, 0.5) is 13.2 Å². The molecule has 1 atom stereocenters. The normalized spacial score (nSPS) is 16.1. The van der Waals surface area contributed by atoms with Crippen molar-refractivity contribution in [2.24, 2.45) is 5.73 Å². The molecule has 0 bridgehead atoms. The van der Waals surface area contributed by atoms with E-state index in [0.717, 1.165) is 18.1 Å². The van der Waals surface area contributed by atoms with Crippen LogP contribution < -0.4 is 10.5 Å². The zero-order valence-corrected chi connectivity index (χ0v) is 18.2. The van der Waals surface area contributed by atoms with Crippen molar-refractivity contribution in [2.45, 2.75) is 31.7 Å². The third kappa shape index (κ3) is 5.48. The van der Waals surface area contributed by atoms with Crippen LogP contribution in [0.3, 0.4) is 0 Å². The third-order valence-electron chi connectivity index (χ3n) is 5.43. The highest BCUT2D eigenvalue weighted by Crippen LogP contribution is 2.39. The maximum Gasteiger partial charge on any atom is 0.419 e. The molecule has 1 aliphatic heterocycles. The van der Waals surface area contributed by atoms with Crippen LogP contribution in [0.25, 0.3) is 11.4 Å². The number of benzene rings is 2. The van der Waals surface area contributed by atoms with Gasteiger partial charge in [-0.2, -0.15) is 18.2 Å². The molecule has 34 heavy (non-hydrogen) atoms. The molecule has 2 aromatic carbocycles. The lowest BCUT2D eigenvalue weighted by molar-refractivity contribution is -0.139. The van der Waals surface area contributed by atoms with Gasteiger partial charge in [0, 0.05) is 12.1 Å². The smallest absolute Gasteiger partial charge is 0.419 e. The molecule has 0 radical (unpaired) electrons. The second-order valence-electron chi connectivity index (χ2n) is 7.79. The topological polar surface area (TPSA) is 110 Å². The van der Waals surface area contributed by atoms with E-state index in [-0.39, 0.29) is 48.2 Å². The average Bonchev–Trinajstić information content (AvgIpc) is 3.49. The van der Waals surface area contributed by atoms with Crippen molar-refractivity contribution < 1.29 is 27.2 Å². The van der Waals surface area contributed by atoms with Crippen molar-refractivity contribution in [3.8, 4) is 17.1 Å². The van der Waals surface area contributed by atoms with E-state index in [1.165, 1.54) is 12.1 Å². The molecule has 0 amide bonds. The van der Waals surface area contributed by atoms with Gasteiger partial charge in [-0.25, -0.2) is 0 Å². The summed E-state index contributed by atoms with van der Waals surface area (Å²) in [7, 11) is 0. The van der Waals surface area contributed by atoms with Gasteiger partial charge in [0.15, 0.2) is 5.96 Å². The molecule has 0 spiro atoms. The number of nitrogens with zero attached hydrogens (tertiary/aromatic N) is 3. The van der Waals surface area contributed by atoms with Gasteiger partial charge in [0.1, 0.15) is 18.4 Å². The number of nitrogens with one attached hydrogen (secondary N) is 1. The highest BCUT2D eigenvalue weighted by atomic mass is 19.4. The SMILES string of the molecule is N=C(N)N1CCC[C@H]1c1nc(-c2ccc(OCCOCc3ccccc3)c(C(F)(F)F)c2)no1. The first-order valence-corrected chi connectivity index (χ1v) is 10.7. The number of hydrogen-bond acceptors (Lipinski definition) is 6. The van der Waals surface area contributed by atoms with Crippen LogP contribution in [0, 0.1) is 5.41 Å². The number of hydrogen-bond donors (Lipinski definition) is 2. The number of aromatic nitrogens is 2. The number of halogens is 3. The van der Waals surface area contributed by atoms with Gasteiger partial charge in [-0.15, -0.1) is 0 Å². The monoisotopic (exact) mass is 475 g/mol. The van der Waals surface area contributed by atoms with Crippen LogP contribution in [-0.4, -0.2) is 40.8 Å². The van der Waals surface area contributed by atoms with Gasteiger partial charge >= 0.3 is 6.18 Å². The minimum atomic E-state index is -4.64. The Bertz CT molecular complexity index is 1120. The molecule has 0 unspecified atom stereocenters. The molecule has 11 heteroatoms. The molecule has 8 nitrogen and oxygen atoms in total. The Kier molecular flexibility index (Phi) is 7.01. The molecular weight excluding hydrogens is 451 g/mol. The predicted octanol–water partition coefficient (Wildman–Crippen LogP) is 4.38. The van der Waals surface area contributed by atoms with Crippen LogP contribution in [0.2, 0.25) is 0 Å². The number of likely N-dealkylation sites (tertiary alicyclic amines) is 1. The number of guanidine groups is 1. The summed E-state index contributed by atoms with van der Waals surface area (Å²) in [4.78, 5) is 5.88. The van der Waals surface area contributed by atoms with Crippen LogP contribution in [0.5, 0.6) is 5.75 Å². The van der Waals surface area contributed by atoms with Gasteiger partial charge in [-0.1, -0.05) is 35.5 Å². The first-order valence-electron chi connectivity index (χ1n) is 10.7. The summed E-state index contributed by atoms with van der Waals surface area (Å²) in [5, 5.41) is 11.5. The lowest BCUT2D eigenvalue weighted by Crippen LogP contribution is -2.35. The van der Waals surface area contributed by atoms with Crippen molar-refractivity contribution in [3.63, 3.8) is 0 Å². The fourth-order valence-corrected chi connectivity index (χ4v) is 3.79. The molecule has 0 aliphatic carbocycles. The summed E-state index contributed by atoms with van der Waals surface area (Å²) < 4.78 is 57.3. The fraction of sp³-hybridized carbons (Fsp3) is 0.348. The van der Waals surface area contributed by atoms with Crippen molar-refractivity contribution in [2.75, 3.05) is 19.8 Å². The van der Waals surface area contributed by atoms with Crippen molar-refractivity contribution >= 4 is 5.96 Å². The van der Waals surface area contributed by atoms with Crippen molar-refractivity contribution in [3.05, 3.63) is 65.5 Å². The Morgan fingerprint density at radius 3 is 2.71 bits per heavy atom. The van der Waals surface area contributed by atoms with Gasteiger partial charge < -0.3 is 24.6 Å². The number of alkyl halides is 3. The van der Waals surface area contributed by atoms with Gasteiger partial charge in [0.2, 0.25) is 11.7 Å². The Balaban J connectivity index is 1.44. The molecule has 3 N–H and O–H groups in total. The molecule has 3 aromatic rings. The van der Waals surface area contributed by atoms with E-state index < -0.39 is 11.7 Å².